The Labute approximate surface area is 132 Å². The lowest BCUT2D eigenvalue weighted by atomic mass is 9.97. The van der Waals surface area contributed by atoms with Gasteiger partial charge in [-0.3, -0.25) is 0 Å². The Morgan fingerprint density at radius 3 is 2.32 bits per heavy atom. The summed E-state index contributed by atoms with van der Waals surface area (Å²) in [5, 5.41) is 6.26. The number of esters is 1. The number of methoxy groups -OCH3 is 3. The van der Waals surface area contributed by atoms with Gasteiger partial charge in [-0.25, -0.2) is 14.8 Å². The van der Waals surface area contributed by atoms with Crippen LogP contribution in [0.2, 0.25) is 0 Å². The molecule has 0 bridgehead atoms. The molecule has 0 amide bonds. The molecule has 1 aliphatic heterocycles. The van der Waals surface area contributed by atoms with Gasteiger partial charge in [0.1, 0.15) is 11.9 Å². The second-order valence-electron chi connectivity index (χ2n) is 4.37. The van der Waals surface area contributed by atoms with Crippen molar-refractivity contribution in [2.24, 2.45) is 0 Å². The lowest BCUT2D eigenvalue weighted by molar-refractivity contribution is -0.136. The third-order valence-corrected chi connectivity index (χ3v) is 3.38. The zero-order valence-electron chi connectivity index (χ0n) is 12.6. The van der Waals surface area contributed by atoms with Gasteiger partial charge in [-0.2, -0.15) is 0 Å². The van der Waals surface area contributed by atoms with Gasteiger partial charge in [-0.15, -0.1) is 0 Å². The molecule has 22 heavy (non-hydrogen) atoms. The van der Waals surface area contributed by atoms with E-state index in [0.29, 0.717) is 21.9 Å². The Morgan fingerprint density at radius 1 is 1.23 bits per heavy atom. The fraction of sp³-hybridized carbons (Fsp3) is 0.385. The molecule has 0 aliphatic carbocycles. The maximum Gasteiger partial charge on any atom is 0.337 e. The van der Waals surface area contributed by atoms with Crippen LogP contribution in [0.5, 0.6) is 11.8 Å². The summed E-state index contributed by atoms with van der Waals surface area (Å²) >= 11 is 5.16. The average Bonchev–Trinajstić information content (AvgIpc) is 2.52. The molecular formula is C13H16N4O4S. The van der Waals surface area contributed by atoms with E-state index in [1.165, 1.54) is 27.7 Å². The molecule has 1 aromatic rings. The van der Waals surface area contributed by atoms with Crippen molar-refractivity contribution in [2.45, 2.75) is 13.0 Å². The third-order valence-electron chi connectivity index (χ3n) is 3.16. The summed E-state index contributed by atoms with van der Waals surface area (Å²) < 4.78 is 15.4. The molecule has 8 nitrogen and oxygen atoms in total. The van der Waals surface area contributed by atoms with Gasteiger partial charge in [-0.1, -0.05) is 0 Å². The number of ether oxygens (including phenoxy) is 3. The average molecular weight is 324 g/mol. The quantitative estimate of drug-likeness (QED) is 0.605. The molecule has 2 rings (SSSR count). The fourth-order valence-corrected chi connectivity index (χ4v) is 2.50. The third kappa shape index (κ3) is 2.80. The van der Waals surface area contributed by atoms with Crippen LogP contribution in [-0.2, 0) is 9.53 Å². The highest BCUT2D eigenvalue weighted by atomic mass is 32.1. The minimum atomic E-state index is -0.646. The predicted octanol–water partition coefficient (Wildman–Crippen LogP) is 0.460. The molecule has 2 heterocycles. The van der Waals surface area contributed by atoms with Crippen LogP contribution in [0, 0.1) is 0 Å². The number of hydrogen-bond donors (Lipinski definition) is 2. The minimum absolute atomic E-state index is 0.281. The van der Waals surface area contributed by atoms with Crippen LogP contribution >= 0.6 is 12.2 Å². The van der Waals surface area contributed by atoms with Gasteiger partial charge in [0.15, 0.2) is 5.11 Å². The molecule has 1 aliphatic rings. The first-order valence-electron chi connectivity index (χ1n) is 6.33. The van der Waals surface area contributed by atoms with Crippen molar-refractivity contribution < 1.29 is 19.0 Å². The topological polar surface area (TPSA) is 94.6 Å². The molecule has 0 saturated carbocycles. The second-order valence-corrected chi connectivity index (χ2v) is 4.78. The standard InChI is InChI=1S/C13H16N4O4S/c1-6-7(12(18)21-4)9(17-13(22)16-6)8-10(19-2)14-5-15-11(8)20-3/h5,9H,1-4H3,(H2,16,17,22)/t9-/m0/s1. The number of aromatic nitrogens is 2. The van der Waals surface area contributed by atoms with Gasteiger partial charge < -0.3 is 24.8 Å². The van der Waals surface area contributed by atoms with Crippen molar-refractivity contribution >= 4 is 23.3 Å². The van der Waals surface area contributed by atoms with Crippen molar-refractivity contribution in [3.8, 4) is 11.8 Å². The number of carbonyl (C=O) groups excluding carboxylic acids is 1. The van der Waals surface area contributed by atoms with E-state index in [2.05, 4.69) is 20.6 Å². The van der Waals surface area contributed by atoms with E-state index in [1.807, 2.05) is 0 Å². The number of thiocarbonyl (C=S) groups is 1. The second kappa shape index (κ2) is 6.56. The smallest absolute Gasteiger partial charge is 0.337 e. The van der Waals surface area contributed by atoms with Crippen LogP contribution < -0.4 is 20.1 Å². The van der Waals surface area contributed by atoms with Crippen molar-refractivity contribution in [3.05, 3.63) is 23.2 Å². The molecule has 0 spiro atoms. The zero-order chi connectivity index (χ0) is 16.3. The Morgan fingerprint density at radius 2 is 1.82 bits per heavy atom. The molecule has 1 aromatic heterocycles. The molecule has 0 aromatic carbocycles. The maximum atomic E-state index is 12.1. The van der Waals surface area contributed by atoms with Crippen molar-refractivity contribution in [1.29, 1.82) is 0 Å². The van der Waals surface area contributed by atoms with Crippen molar-refractivity contribution in [1.82, 2.24) is 20.6 Å². The molecule has 0 fully saturated rings. The maximum absolute atomic E-state index is 12.1. The van der Waals surface area contributed by atoms with E-state index in [1.54, 1.807) is 6.92 Å². The van der Waals surface area contributed by atoms with Gasteiger partial charge in [0.05, 0.1) is 32.9 Å². The van der Waals surface area contributed by atoms with E-state index in [4.69, 9.17) is 26.4 Å². The Hall–Kier alpha value is -2.42. The van der Waals surface area contributed by atoms with Crippen molar-refractivity contribution in [2.75, 3.05) is 21.3 Å². The first-order valence-corrected chi connectivity index (χ1v) is 6.73. The first-order chi connectivity index (χ1) is 10.5. The van der Waals surface area contributed by atoms with Gasteiger partial charge in [-0.05, 0) is 19.1 Å². The number of nitrogens with zero attached hydrogens (tertiary/aromatic N) is 2. The number of allylic oxidation sites excluding steroid dienone is 1. The van der Waals surface area contributed by atoms with Crippen LogP contribution in [0.1, 0.15) is 18.5 Å². The zero-order valence-corrected chi connectivity index (χ0v) is 13.4. The summed E-state index contributed by atoms with van der Waals surface area (Å²) in [5.41, 5.74) is 1.40. The van der Waals surface area contributed by atoms with Crippen LogP contribution in [0.15, 0.2) is 17.6 Å². The lowest BCUT2D eigenvalue weighted by Crippen LogP contribution is -2.45. The minimum Gasteiger partial charge on any atom is -0.481 e. The number of hydrogen-bond acceptors (Lipinski definition) is 7. The molecule has 1 atom stereocenters. The molecule has 0 saturated heterocycles. The highest BCUT2D eigenvalue weighted by molar-refractivity contribution is 7.80. The van der Waals surface area contributed by atoms with Crippen LogP contribution in [0.25, 0.3) is 0 Å². The van der Waals surface area contributed by atoms with E-state index in [9.17, 15) is 4.79 Å². The van der Waals surface area contributed by atoms with Crippen LogP contribution in [0.3, 0.4) is 0 Å². The van der Waals surface area contributed by atoms with Gasteiger partial charge in [0.25, 0.3) is 0 Å². The first kappa shape index (κ1) is 16.0. The monoisotopic (exact) mass is 324 g/mol. The Balaban J connectivity index is 2.65. The van der Waals surface area contributed by atoms with Crippen LogP contribution in [-0.4, -0.2) is 42.4 Å². The highest BCUT2D eigenvalue weighted by Crippen LogP contribution is 2.37. The summed E-state index contributed by atoms with van der Waals surface area (Å²) in [6.07, 6.45) is 1.31. The summed E-state index contributed by atoms with van der Waals surface area (Å²) in [6.45, 7) is 1.73. The highest BCUT2D eigenvalue weighted by Gasteiger charge is 2.35. The number of nitrogens with one attached hydrogen (secondary N) is 2. The van der Waals surface area contributed by atoms with Gasteiger partial charge in [0.2, 0.25) is 11.8 Å². The molecule has 0 radical (unpaired) electrons. The van der Waals surface area contributed by atoms with Gasteiger partial charge in [0, 0.05) is 5.70 Å². The SMILES string of the molecule is COC(=O)C1=C(C)NC(=S)N[C@@H]1c1c(OC)ncnc1OC. The largest absolute Gasteiger partial charge is 0.481 e. The summed E-state index contributed by atoms with van der Waals surface area (Å²) in [7, 11) is 4.25. The van der Waals surface area contributed by atoms with Crippen LogP contribution in [0.4, 0.5) is 0 Å². The number of rotatable bonds is 4. The van der Waals surface area contributed by atoms with E-state index in [0.717, 1.165) is 0 Å². The Kier molecular flexibility index (Phi) is 4.76. The molecule has 9 heteroatoms. The van der Waals surface area contributed by atoms with E-state index >= 15 is 0 Å². The normalized spacial score (nSPS) is 17.5. The molecular weight excluding hydrogens is 308 g/mol. The summed E-state index contributed by atoms with van der Waals surface area (Å²) in [6, 6.07) is -0.646. The van der Waals surface area contributed by atoms with Gasteiger partial charge >= 0.3 is 5.97 Å². The predicted molar refractivity (Wildman–Crippen MR) is 81.5 cm³/mol. The summed E-state index contributed by atoms with van der Waals surface area (Å²) in [4.78, 5) is 20.3. The van der Waals surface area contributed by atoms with E-state index in [-0.39, 0.29) is 11.8 Å². The molecule has 2 N–H and O–H groups in total. The van der Waals surface area contributed by atoms with Crippen molar-refractivity contribution in [3.63, 3.8) is 0 Å². The van der Waals surface area contributed by atoms with E-state index < -0.39 is 12.0 Å². The fourth-order valence-electron chi connectivity index (χ4n) is 2.23. The molecule has 118 valence electrons. The number of carbonyl (C=O) groups is 1. The lowest BCUT2D eigenvalue weighted by Gasteiger charge is -2.30. The summed E-state index contributed by atoms with van der Waals surface area (Å²) in [5.74, 6) is 0.0597. The molecule has 0 unspecified atom stereocenters. The Bertz CT molecular complexity index is 625.